The van der Waals surface area contributed by atoms with Gasteiger partial charge in [0.25, 0.3) is 0 Å². The Labute approximate surface area is 97.0 Å². The maximum absolute atomic E-state index is 9.42. The van der Waals surface area contributed by atoms with Gasteiger partial charge in [-0.2, -0.15) is 0 Å². The zero-order chi connectivity index (χ0) is 10.6. The van der Waals surface area contributed by atoms with Crippen molar-refractivity contribution in [3.8, 4) is 5.75 Å². The second-order valence-corrected chi connectivity index (χ2v) is 4.19. The van der Waals surface area contributed by atoms with Gasteiger partial charge in [-0.1, -0.05) is 15.9 Å². The molecule has 0 aliphatic carbocycles. The van der Waals surface area contributed by atoms with Crippen LogP contribution < -0.4 is 4.74 Å². The molecule has 1 aromatic carbocycles. The smallest absolute Gasteiger partial charge is 0.122 e. The summed E-state index contributed by atoms with van der Waals surface area (Å²) in [4.78, 5) is 0. The number of methoxy groups -OCH3 is 1. The molecule has 78 valence electrons. The van der Waals surface area contributed by atoms with Gasteiger partial charge in [-0.05, 0) is 23.8 Å². The first kappa shape index (κ1) is 11.8. The van der Waals surface area contributed by atoms with Crippen molar-refractivity contribution >= 4 is 27.5 Å². The summed E-state index contributed by atoms with van der Waals surface area (Å²) in [6.45, 7) is 0. The van der Waals surface area contributed by atoms with E-state index in [1.54, 1.807) is 7.11 Å². The summed E-state index contributed by atoms with van der Waals surface area (Å²) in [6, 6.07) is 5.68. The molecule has 0 saturated carbocycles. The molecule has 0 heterocycles. The van der Waals surface area contributed by atoms with Crippen LogP contribution in [0.4, 0.5) is 0 Å². The summed E-state index contributed by atoms with van der Waals surface area (Å²) in [5, 5.41) is 9.42. The molecule has 1 rings (SSSR count). The van der Waals surface area contributed by atoms with Crippen LogP contribution in [0, 0.1) is 0 Å². The summed E-state index contributed by atoms with van der Waals surface area (Å²) in [5.74, 6) is 1.01. The van der Waals surface area contributed by atoms with E-state index < -0.39 is 6.10 Å². The van der Waals surface area contributed by atoms with Crippen LogP contribution in [0.5, 0.6) is 5.75 Å². The summed E-state index contributed by atoms with van der Waals surface area (Å²) >= 11 is 8.90. The van der Waals surface area contributed by atoms with Crippen LogP contribution in [-0.4, -0.2) is 24.2 Å². The Kier molecular flexibility index (Phi) is 4.72. The normalized spacial score (nSPS) is 12.6. The predicted octanol–water partition coefficient (Wildman–Crippen LogP) is 2.60. The van der Waals surface area contributed by atoms with Crippen LogP contribution in [-0.2, 0) is 6.42 Å². The third-order valence-electron chi connectivity index (χ3n) is 1.88. The number of hydrogen-bond acceptors (Lipinski definition) is 2. The number of ether oxygens (including phenoxy) is 1. The van der Waals surface area contributed by atoms with Crippen LogP contribution >= 0.6 is 27.5 Å². The lowest BCUT2D eigenvalue weighted by Gasteiger charge is -2.11. The summed E-state index contributed by atoms with van der Waals surface area (Å²) in [5.41, 5.74) is 0.954. The Morgan fingerprint density at radius 3 is 2.86 bits per heavy atom. The topological polar surface area (TPSA) is 29.5 Å². The van der Waals surface area contributed by atoms with E-state index in [0.717, 1.165) is 15.8 Å². The summed E-state index contributed by atoms with van der Waals surface area (Å²) in [7, 11) is 1.61. The highest BCUT2D eigenvalue weighted by molar-refractivity contribution is 9.10. The Bertz CT molecular complexity index is 304. The third kappa shape index (κ3) is 3.15. The van der Waals surface area contributed by atoms with Crippen molar-refractivity contribution in [2.75, 3.05) is 13.0 Å². The lowest BCUT2D eigenvalue weighted by molar-refractivity contribution is 0.197. The highest BCUT2D eigenvalue weighted by Crippen LogP contribution is 2.24. The lowest BCUT2D eigenvalue weighted by Crippen LogP contribution is -2.12. The molecule has 0 saturated heterocycles. The fraction of sp³-hybridized carbons (Fsp3) is 0.400. The molecular formula is C10H12BrClO2. The molecule has 1 aromatic rings. The van der Waals surface area contributed by atoms with E-state index >= 15 is 0 Å². The van der Waals surface area contributed by atoms with Crippen molar-refractivity contribution in [1.29, 1.82) is 0 Å². The summed E-state index contributed by atoms with van der Waals surface area (Å²) in [6.07, 6.45) is -0.0218. The Balaban J connectivity index is 2.87. The minimum absolute atomic E-state index is 0.232. The Morgan fingerprint density at radius 2 is 2.29 bits per heavy atom. The molecule has 1 unspecified atom stereocenters. The van der Waals surface area contributed by atoms with Gasteiger partial charge in [-0.25, -0.2) is 0 Å². The average molecular weight is 280 g/mol. The second-order valence-electron chi connectivity index (χ2n) is 2.97. The molecule has 0 aliphatic rings. The van der Waals surface area contributed by atoms with Crippen molar-refractivity contribution in [3.05, 3.63) is 28.2 Å². The fourth-order valence-corrected chi connectivity index (χ4v) is 1.73. The maximum atomic E-state index is 9.42. The summed E-state index contributed by atoms with van der Waals surface area (Å²) < 4.78 is 6.14. The molecule has 0 amide bonds. The lowest BCUT2D eigenvalue weighted by atomic mass is 10.1. The van der Waals surface area contributed by atoms with Crippen molar-refractivity contribution in [2.24, 2.45) is 0 Å². The van der Waals surface area contributed by atoms with Crippen molar-refractivity contribution in [3.63, 3.8) is 0 Å². The minimum atomic E-state index is -0.528. The largest absolute Gasteiger partial charge is 0.496 e. The molecule has 4 heteroatoms. The van der Waals surface area contributed by atoms with E-state index in [-0.39, 0.29) is 5.88 Å². The molecule has 2 nitrogen and oxygen atoms in total. The number of halogens is 2. The van der Waals surface area contributed by atoms with Crippen molar-refractivity contribution < 1.29 is 9.84 Å². The fourth-order valence-electron chi connectivity index (χ4n) is 1.22. The Morgan fingerprint density at radius 1 is 1.57 bits per heavy atom. The number of aliphatic hydroxyl groups is 1. The number of aliphatic hydroxyl groups excluding tert-OH is 1. The molecule has 0 aromatic heterocycles. The van der Waals surface area contributed by atoms with Gasteiger partial charge >= 0.3 is 0 Å². The van der Waals surface area contributed by atoms with Crippen LogP contribution in [0.1, 0.15) is 5.56 Å². The number of rotatable bonds is 4. The maximum Gasteiger partial charge on any atom is 0.122 e. The van der Waals surface area contributed by atoms with Crippen molar-refractivity contribution in [1.82, 2.24) is 0 Å². The first-order valence-electron chi connectivity index (χ1n) is 4.23. The van der Waals surface area contributed by atoms with Gasteiger partial charge in [0.1, 0.15) is 5.75 Å². The molecule has 14 heavy (non-hydrogen) atoms. The molecule has 0 fully saturated rings. The third-order valence-corrected chi connectivity index (χ3v) is 2.73. The molecule has 0 radical (unpaired) electrons. The first-order chi connectivity index (χ1) is 6.67. The SMILES string of the molecule is COc1ccc(Br)cc1CC(O)CCl. The second kappa shape index (κ2) is 5.59. The van der Waals surface area contributed by atoms with Gasteiger partial charge in [0.05, 0.1) is 13.2 Å². The molecule has 0 bridgehead atoms. The van der Waals surface area contributed by atoms with Gasteiger partial charge < -0.3 is 9.84 Å². The van der Waals surface area contributed by atoms with E-state index in [2.05, 4.69) is 15.9 Å². The van der Waals surface area contributed by atoms with Crippen molar-refractivity contribution in [2.45, 2.75) is 12.5 Å². The van der Waals surface area contributed by atoms with Gasteiger partial charge in [0.2, 0.25) is 0 Å². The zero-order valence-electron chi connectivity index (χ0n) is 7.84. The van der Waals surface area contributed by atoms with E-state index in [1.807, 2.05) is 18.2 Å². The van der Waals surface area contributed by atoms with Gasteiger partial charge in [0, 0.05) is 16.8 Å². The molecule has 1 N–H and O–H groups in total. The number of alkyl halides is 1. The Hall–Kier alpha value is -0.250. The first-order valence-corrected chi connectivity index (χ1v) is 5.56. The van der Waals surface area contributed by atoms with Gasteiger partial charge in [-0.15, -0.1) is 11.6 Å². The average Bonchev–Trinajstić information content (AvgIpc) is 2.18. The standard InChI is InChI=1S/C10H12BrClO2/c1-14-10-3-2-8(11)4-7(10)5-9(13)6-12/h2-4,9,13H,5-6H2,1H3. The zero-order valence-corrected chi connectivity index (χ0v) is 10.2. The van der Waals surface area contributed by atoms with E-state index in [1.165, 1.54) is 0 Å². The number of hydrogen-bond donors (Lipinski definition) is 1. The van der Waals surface area contributed by atoms with E-state index in [0.29, 0.717) is 6.42 Å². The monoisotopic (exact) mass is 278 g/mol. The molecule has 1 atom stereocenters. The molecule has 0 spiro atoms. The van der Waals surface area contributed by atoms with Crippen LogP contribution in [0.2, 0.25) is 0 Å². The minimum Gasteiger partial charge on any atom is -0.496 e. The van der Waals surface area contributed by atoms with Crippen LogP contribution in [0.3, 0.4) is 0 Å². The van der Waals surface area contributed by atoms with Gasteiger partial charge in [0.15, 0.2) is 0 Å². The van der Waals surface area contributed by atoms with Gasteiger partial charge in [-0.3, -0.25) is 0 Å². The highest BCUT2D eigenvalue weighted by Gasteiger charge is 2.09. The van der Waals surface area contributed by atoms with Crippen LogP contribution in [0.15, 0.2) is 22.7 Å². The molecular weight excluding hydrogens is 267 g/mol. The number of benzene rings is 1. The molecule has 0 aliphatic heterocycles. The van der Waals surface area contributed by atoms with E-state index in [9.17, 15) is 5.11 Å². The van der Waals surface area contributed by atoms with Crippen LogP contribution in [0.25, 0.3) is 0 Å². The highest BCUT2D eigenvalue weighted by atomic mass is 79.9. The van der Waals surface area contributed by atoms with E-state index in [4.69, 9.17) is 16.3 Å². The quantitative estimate of drug-likeness (QED) is 0.859. The predicted molar refractivity (Wildman–Crippen MR) is 61.1 cm³/mol.